The van der Waals surface area contributed by atoms with Gasteiger partial charge in [0.15, 0.2) is 11.7 Å². The number of phenolic OH excluding ortho intramolecular Hbond substituents is 1. The van der Waals surface area contributed by atoms with Crippen LogP contribution >= 0.6 is 11.6 Å². The van der Waals surface area contributed by atoms with Crippen molar-refractivity contribution in [2.45, 2.75) is 53.5 Å². The van der Waals surface area contributed by atoms with E-state index in [1.807, 2.05) is 39.0 Å². The molecule has 0 aliphatic carbocycles. The molecule has 0 amide bonds. The standard InChI is InChI=1S/C32H34ClN3O4/c1-18-14-23(30-24(15-18)29(39)19(2)31(40-30)36-12-10-32(4,5)11-13-36)20(3)34-25-7-9-27(33)35-28(25)21-6-8-26(38)22(16-21)17-37/h6-9,14-17,20,34,38H,10-13H2,1-5H3/t20-/m1/s1. The minimum atomic E-state index is -0.272. The van der Waals surface area contributed by atoms with E-state index in [1.54, 1.807) is 18.2 Å². The first kappa shape index (κ1) is 27.7. The first-order chi connectivity index (χ1) is 19.0. The third kappa shape index (κ3) is 5.30. The first-order valence-corrected chi connectivity index (χ1v) is 13.9. The van der Waals surface area contributed by atoms with Crippen LogP contribution in [0.4, 0.5) is 11.6 Å². The zero-order valence-corrected chi connectivity index (χ0v) is 24.2. The molecule has 40 heavy (non-hydrogen) atoms. The van der Waals surface area contributed by atoms with E-state index in [4.69, 9.17) is 16.0 Å². The molecule has 1 fully saturated rings. The summed E-state index contributed by atoms with van der Waals surface area (Å²) < 4.78 is 6.59. The Morgan fingerprint density at radius 2 is 1.85 bits per heavy atom. The fourth-order valence-electron chi connectivity index (χ4n) is 5.37. The maximum absolute atomic E-state index is 13.6. The molecule has 4 aromatic rings. The summed E-state index contributed by atoms with van der Waals surface area (Å²) in [5.74, 6) is 0.540. The molecule has 1 aliphatic heterocycles. The average molecular weight is 560 g/mol. The van der Waals surface area contributed by atoms with Crippen molar-refractivity contribution >= 4 is 40.4 Å². The highest BCUT2D eigenvalue weighted by atomic mass is 35.5. The number of carbonyl (C=O) groups excluding carboxylic acids is 1. The van der Waals surface area contributed by atoms with Crippen LogP contribution in [0.3, 0.4) is 0 Å². The van der Waals surface area contributed by atoms with Crippen molar-refractivity contribution in [2.24, 2.45) is 5.41 Å². The third-order valence-corrected chi connectivity index (χ3v) is 8.11. The zero-order chi connectivity index (χ0) is 28.8. The number of anilines is 2. The van der Waals surface area contributed by atoms with Gasteiger partial charge in [-0.1, -0.05) is 31.5 Å². The van der Waals surface area contributed by atoms with Gasteiger partial charge in [0.25, 0.3) is 0 Å². The Balaban J connectivity index is 1.58. The predicted molar refractivity (Wildman–Crippen MR) is 161 cm³/mol. The highest BCUT2D eigenvalue weighted by Crippen LogP contribution is 2.37. The van der Waals surface area contributed by atoms with E-state index < -0.39 is 0 Å². The number of aldehydes is 1. The van der Waals surface area contributed by atoms with Gasteiger partial charge in [-0.2, -0.15) is 0 Å². The quantitative estimate of drug-likeness (QED) is 0.187. The Kier molecular flexibility index (Phi) is 7.36. The Bertz CT molecular complexity index is 1670. The number of phenols is 1. The van der Waals surface area contributed by atoms with Crippen molar-refractivity contribution < 1.29 is 14.3 Å². The average Bonchev–Trinajstić information content (AvgIpc) is 2.92. The lowest BCUT2D eigenvalue weighted by Crippen LogP contribution is -2.38. The lowest BCUT2D eigenvalue weighted by atomic mass is 9.82. The van der Waals surface area contributed by atoms with Gasteiger partial charge in [0, 0.05) is 24.2 Å². The number of aryl methyl sites for hydroxylation is 1. The second kappa shape index (κ2) is 10.6. The molecule has 2 N–H and O–H groups in total. The monoisotopic (exact) mass is 559 g/mol. The molecule has 5 rings (SSSR count). The zero-order valence-electron chi connectivity index (χ0n) is 23.5. The van der Waals surface area contributed by atoms with Crippen LogP contribution in [-0.4, -0.2) is 29.5 Å². The van der Waals surface area contributed by atoms with E-state index in [9.17, 15) is 14.7 Å². The molecule has 1 aliphatic rings. The Morgan fingerprint density at radius 3 is 2.55 bits per heavy atom. The number of piperidine rings is 1. The van der Waals surface area contributed by atoms with Gasteiger partial charge in [-0.25, -0.2) is 4.98 Å². The molecule has 3 heterocycles. The Labute approximate surface area is 238 Å². The number of benzene rings is 2. The molecule has 0 unspecified atom stereocenters. The largest absolute Gasteiger partial charge is 0.507 e. The van der Waals surface area contributed by atoms with E-state index in [0.717, 1.165) is 37.1 Å². The molecule has 8 heteroatoms. The third-order valence-electron chi connectivity index (χ3n) is 7.90. The minimum absolute atomic E-state index is 0.0161. The van der Waals surface area contributed by atoms with Gasteiger partial charge in [-0.15, -0.1) is 0 Å². The molecule has 2 aromatic carbocycles. The van der Waals surface area contributed by atoms with Crippen molar-refractivity contribution in [1.29, 1.82) is 0 Å². The van der Waals surface area contributed by atoms with E-state index in [-0.39, 0.29) is 28.2 Å². The molecule has 0 spiro atoms. The van der Waals surface area contributed by atoms with Crippen LogP contribution in [0.25, 0.3) is 22.2 Å². The summed E-state index contributed by atoms with van der Waals surface area (Å²) >= 11 is 6.25. The number of hydrogen-bond donors (Lipinski definition) is 2. The number of nitrogens with zero attached hydrogens (tertiary/aromatic N) is 2. The van der Waals surface area contributed by atoms with Crippen LogP contribution in [0.2, 0.25) is 5.15 Å². The smallest absolute Gasteiger partial charge is 0.202 e. The van der Waals surface area contributed by atoms with Gasteiger partial charge in [-0.05, 0) is 81.0 Å². The number of nitrogens with one attached hydrogen (secondary N) is 1. The summed E-state index contributed by atoms with van der Waals surface area (Å²) in [4.78, 5) is 31.7. The SMILES string of the molecule is Cc1cc([C@@H](C)Nc2ccc(Cl)nc2-c2ccc(O)c(C=O)c2)c2oc(N3CCC(C)(C)CC3)c(C)c(=O)c2c1. The highest BCUT2D eigenvalue weighted by Gasteiger charge is 2.29. The van der Waals surface area contributed by atoms with Gasteiger partial charge >= 0.3 is 0 Å². The van der Waals surface area contributed by atoms with Crippen LogP contribution < -0.4 is 15.6 Å². The summed E-state index contributed by atoms with van der Waals surface area (Å²) in [6.45, 7) is 12.1. The Morgan fingerprint density at radius 1 is 1.12 bits per heavy atom. The van der Waals surface area contributed by atoms with Crippen molar-refractivity contribution in [3.63, 3.8) is 0 Å². The second-order valence-electron chi connectivity index (χ2n) is 11.5. The number of rotatable bonds is 6. The van der Waals surface area contributed by atoms with Crippen molar-refractivity contribution in [3.8, 4) is 17.0 Å². The summed E-state index contributed by atoms with van der Waals surface area (Å²) in [7, 11) is 0. The molecule has 2 aromatic heterocycles. The normalized spacial score (nSPS) is 15.7. The molecule has 1 saturated heterocycles. The van der Waals surface area contributed by atoms with Crippen molar-refractivity contribution in [3.05, 3.63) is 80.1 Å². The Hall–Kier alpha value is -3.84. The first-order valence-electron chi connectivity index (χ1n) is 13.5. The van der Waals surface area contributed by atoms with E-state index in [2.05, 4.69) is 29.0 Å². The number of pyridine rings is 1. The van der Waals surface area contributed by atoms with Crippen LogP contribution in [0, 0.1) is 19.3 Å². The summed E-state index contributed by atoms with van der Waals surface area (Å²) in [6, 6.07) is 11.9. The van der Waals surface area contributed by atoms with Gasteiger partial charge in [0.2, 0.25) is 5.88 Å². The molecule has 0 radical (unpaired) electrons. The molecular weight excluding hydrogens is 526 g/mol. The van der Waals surface area contributed by atoms with Crippen LogP contribution in [-0.2, 0) is 0 Å². The van der Waals surface area contributed by atoms with E-state index in [1.165, 1.54) is 6.07 Å². The number of fused-ring (bicyclic) bond motifs is 1. The summed E-state index contributed by atoms with van der Waals surface area (Å²) in [5, 5.41) is 14.4. The number of aromatic nitrogens is 1. The molecule has 1 atom stereocenters. The van der Waals surface area contributed by atoms with Gasteiger partial charge in [-0.3, -0.25) is 9.59 Å². The molecular formula is C32H34ClN3O4. The fourth-order valence-corrected chi connectivity index (χ4v) is 5.52. The minimum Gasteiger partial charge on any atom is -0.507 e. The lowest BCUT2D eigenvalue weighted by molar-refractivity contribution is 0.112. The number of aromatic hydroxyl groups is 1. The highest BCUT2D eigenvalue weighted by molar-refractivity contribution is 6.29. The lowest BCUT2D eigenvalue weighted by Gasteiger charge is -2.37. The molecule has 0 saturated carbocycles. The van der Waals surface area contributed by atoms with Gasteiger partial charge in [0.05, 0.1) is 33.9 Å². The molecule has 0 bridgehead atoms. The summed E-state index contributed by atoms with van der Waals surface area (Å²) in [6.07, 6.45) is 2.66. The number of halogens is 1. The van der Waals surface area contributed by atoms with Gasteiger partial charge < -0.3 is 19.7 Å². The maximum atomic E-state index is 13.6. The van der Waals surface area contributed by atoms with Crippen molar-refractivity contribution in [1.82, 2.24) is 4.98 Å². The topological polar surface area (TPSA) is 95.7 Å². The van der Waals surface area contributed by atoms with Crippen LogP contribution in [0.15, 0.2) is 51.7 Å². The number of hydrogen-bond acceptors (Lipinski definition) is 7. The fraction of sp³-hybridized carbons (Fsp3) is 0.344. The number of carbonyl (C=O) groups is 1. The second-order valence-corrected chi connectivity index (χ2v) is 11.9. The summed E-state index contributed by atoms with van der Waals surface area (Å²) in [5.41, 5.74) is 5.27. The van der Waals surface area contributed by atoms with Crippen LogP contribution in [0.5, 0.6) is 5.75 Å². The van der Waals surface area contributed by atoms with E-state index in [0.29, 0.717) is 50.8 Å². The van der Waals surface area contributed by atoms with Crippen LogP contribution in [0.1, 0.15) is 66.7 Å². The van der Waals surface area contributed by atoms with E-state index >= 15 is 0 Å². The molecule has 7 nitrogen and oxygen atoms in total. The maximum Gasteiger partial charge on any atom is 0.202 e. The van der Waals surface area contributed by atoms with Crippen molar-refractivity contribution in [2.75, 3.05) is 23.3 Å². The molecule has 208 valence electrons. The van der Waals surface area contributed by atoms with Gasteiger partial charge in [0.1, 0.15) is 16.5 Å². The predicted octanol–water partition coefficient (Wildman–Crippen LogP) is 7.44.